The Morgan fingerprint density at radius 2 is 2.09 bits per heavy atom. The number of aliphatic hydroxyl groups is 1. The van der Waals surface area contributed by atoms with Crippen molar-refractivity contribution in [3.63, 3.8) is 0 Å². The summed E-state index contributed by atoms with van der Waals surface area (Å²) in [7, 11) is 0. The van der Waals surface area contributed by atoms with E-state index in [1.807, 2.05) is 12.3 Å². The van der Waals surface area contributed by atoms with Crippen molar-refractivity contribution in [2.75, 3.05) is 45.9 Å². The zero-order valence-electron chi connectivity index (χ0n) is 14.0. The maximum atomic E-state index is 9.45. The smallest absolute Gasteiger partial charge is 0.0651 e. The number of piperidine rings is 1. The standard InChI is InChI=1S/C18H30N4O/c23-14-7-16-5-2-4-11-22(16)18(17-6-1-3-8-20-17)15-21-12-9-19-10-13-21/h1,3,6,8,16,18-19,23H,2,4-5,7,9-15H2. The molecule has 0 bridgehead atoms. The molecule has 5 nitrogen and oxygen atoms in total. The maximum Gasteiger partial charge on any atom is 0.0651 e. The third kappa shape index (κ3) is 4.51. The topological polar surface area (TPSA) is 51.6 Å². The highest BCUT2D eigenvalue weighted by Gasteiger charge is 2.31. The van der Waals surface area contributed by atoms with Gasteiger partial charge in [-0.15, -0.1) is 0 Å². The van der Waals surface area contributed by atoms with E-state index in [4.69, 9.17) is 0 Å². The molecule has 2 aliphatic rings. The van der Waals surface area contributed by atoms with Crippen molar-refractivity contribution < 1.29 is 5.11 Å². The van der Waals surface area contributed by atoms with Crippen LogP contribution >= 0.6 is 0 Å². The van der Waals surface area contributed by atoms with Crippen LogP contribution in [0.15, 0.2) is 24.4 Å². The Labute approximate surface area is 139 Å². The van der Waals surface area contributed by atoms with E-state index in [2.05, 4.69) is 32.2 Å². The molecule has 1 aromatic rings. The summed E-state index contributed by atoms with van der Waals surface area (Å²) in [6, 6.07) is 7.08. The molecule has 0 radical (unpaired) electrons. The van der Waals surface area contributed by atoms with Gasteiger partial charge in [0.15, 0.2) is 0 Å². The monoisotopic (exact) mass is 318 g/mol. The zero-order chi connectivity index (χ0) is 15.9. The molecule has 2 N–H and O–H groups in total. The second kappa shape index (κ2) is 8.73. The van der Waals surface area contributed by atoms with Gasteiger partial charge in [-0.05, 0) is 37.9 Å². The summed E-state index contributed by atoms with van der Waals surface area (Å²) in [6.07, 6.45) is 6.53. The van der Waals surface area contributed by atoms with Gasteiger partial charge in [0.05, 0.1) is 11.7 Å². The number of nitrogens with one attached hydrogen (secondary N) is 1. The summed E-state index contributed by atoms with van der Waals surface area (Å²) in [5.41, 5.74) is 1.18. The van der Waals surface area contributed by atoms with Crippen LogP contribution in [0.3, 0.4) is 0 Å². The van der Waals surface area contributed by atoms with Crippen LogP contribution in [0.4, 0.5) is 0 Å². The molecule has 0 aromatic carbocycles. The molecule has 3 heterocycles. The third-order valence-electron chi connectivity index (χ3n) is 5.21. The minimum atomic E-state index is 0.281. The summed E-state index contributed by atoms with van der Waals surface area (Å²) < 4.78 is 0. The van der Waals surface area contributed by atoms with Gasteiger partial charge < -0.3 is 10.4 Å². The highest BCUT2D eigenvalue weighted by atomic mass is 16.3. The Balaban J connectivity index is 1.78. The van der Waals surface area contributed by atoms with Gasteiger partial charge in [0.25, 0.3) is 0 Å². The van der Waals surface area contributed by atoms with Gasteiger partial charge in [0.1, 0.15) is 0 Å². The zero-order valence-corrected chi connectivity index (χ0v) is 14.0. The van der Waals surface area contributed by atoms with Crippen molar-refractivity contribution in [3.8, 4) is 0 Å². The minimum absolute atomic E-state index is 0.281. The lowest BCUT2D eigenvalue weighted by Gasteiger charge is -2.43. The van der Waals surface area contributed by atoms with Gasteiger partial charge in [-0.3, -0.25) is 14.8 Å². The first-order valence-electron chi connectivity index (χ1n) is 9.09. The van der Waals surface area contributed by atoms with Gasteiger partial charge in [0, 0.05) is 51.6 Å². The fourth-order valence-electron chi connectivity index (χ4n) is 3.97. The van der Waals surface area contributed by atoms with Crippen LogP contribution in [0.25, 0.3) is 0 Å². The van der Waals surface area contributed by atoms with Crippen molar-refractivity contribution in [1.82, 2.24) is 20.1 Å². The quantitative estimate of drug-likeness (QED) is 0.827. The molecule has 0 aliphatic carbocycles. The number of hydrogen-bond donors (Lipinski definition) is 2. The maximum absolute atomic E-state index is 9.45. The summed E-state index contributed by atoms with van der Waals surface area (Å²) in [6.45, 7) is 6.83. The van der Waals surface area contributed by atoms with Crippen LogP contribution in [0, 0.1) is 0 Å². The molecule has 128 valence electrons. The number of piperazine rings is 1. The molecule has 2 atom stereocenters. The first-order chi connectivity index (χ1) is 11.4. The van der Waals surface area contributed by atoms with Gasteiger partial charge in [-0.1, -0.05) is 12.5 Å². The van der Waals surface area contributed by atoms with Crippen LogP contribution in [0.1, 0.15) is 37.4 Å². The molecular formula is C18H30N4O. The van der Waals surface area contributed by atoms with Crippen LogP contribution in [0.2, 0.25) is 0 Å². The number of pyridine rings is 1. The Kier molecular flexibility index (Phi) is 6.39. The van der Waals surface area contributed by atoms with E-state index in [9.17, 15) is 5.11 Å². The minimum Gasteiger partial charge on any atom is -0.396 e. The first kappa shape index (κ1) is 16.8. The molecule has 2 fully saturated rings. The average Bonchev–Trinajstić information content (AvgIpc) is 2.62. The number of aliphatic hydroxyl groups excluding tert-OH is 1. The van der Waals surface area contributed by atoms with E-state index in [-0.39, 0.29) is 6.61 Å². The lowest BCUT2D eigenvalue weighted by atomic mass is 9.95. The van der Waals surface area contributed by atoms with Crippen LogP contribution < -0.4 is 5.32 Å². The Morgan fingerprint density at radius 3 is 2.83 bits per heavy atom. The molecule has 3 rings (SSSR count). The van der Waals surface area contributed by atoms with Gasteiger partial charge in [0.2, 0.25) is 0 Å². The van der Waals surface area contributed by atoms with Gasteiger partial charge in [-0.2, -0.15) is 0 Å². The Hall–Kier alpha value is -1.01. The number of aromatic nitrogens is 1. The first-order valence-corrected chi connectivity index (χ1v) is 9.09. The highest BCUT2D eigenvalue weighted by Crippen LogP contribution is 2.30. The highest BCUT2D eigenvalue weighted by molar-refractivity contribution is 5.11. The molecule has 23 heavy (non-hydrogen) atoms. The van der Waals surface area contributed by atoms with E-state index < -0.39 is 0 Å². The SMILES string of the molecule is OCCC1CCCCN1C(CN1CCNCC1)c1ccccn1. The van der Waals surface area contributed by atoms with Crippen molar-refractivity contribution in [2.45, 2.75) is 37.8 Å². The largest absolute Gasteiger partial charge is 0.396 e. The second-order valence-electron chi connectivity index (χ2n) is 6.72. The van der Waals surface area contributed by atoms with Crippen LogP contribution in [-0.4, -0.2) is 71.8 Å². The summed E-state index contributed by atoms with van der Waals surface area (Å²) in [4.78, 5) is 9.84. The number of likely N-dealkylation sites (tertiary alicyclic amines) is 1. The van der Waals surface area contributed by atoms with Gasteiger partial charge >= 0.3 is 0 Å². The average molecular weight is 318 g/mol. The molecule has 0 saturated carbocycles. The molecule has 2 unspecified atom stereocenters. The van der Waals surface area contributed by atoms with Crippen molar-refractivity contribution in [2.24, 2.45) is 0 Å². The van der Waals surface area contributed by atoms with Crippen molar-refractivity contribution in [1.29, 1.82) is 0 Å². The fourth-order valence-corrected chi connectivity index (χ4v) is 3.97. The Bertz CT molecular complexity index is 448. The number of rotatable bonds is 6. The summed E-state index contributed by atoms with van der Waals surface area (Å²) >= 11 is 0. The third-order valence-corrected chi connectivity index (χ3v) is 5.21. The summed E-state index contributed by atoms with van der Waals surface area (Å²) in [5.74, 6) is 0. The van der Waals surface area contributed by atoms with Crippen LogP contribution in [-0.2, 0) is 0 Å². The molecule has 2 saturated heterocycles. The number of hydrogen-bond acceptors (Lipinski definition) is 5. The molecule has 5 heteroatoms. The molecule has 0 amide bonds. The molecule has 1 aromatic heterocycles. The van der Waals surface area contributed by atoms with E-state index in [0.717, 1.165) is 45.7 Å². The lowest BCUT2D eigenvalue weighted by molar-refractivity contribution is 0.0495. The Morgan fingerprint density at radius 1 is 1.22 bits per heavy atom. The molecule has 2 aliphatic heterocycles. The van der Waals surface area contributed by atoms with Gasteiger partial charge in [-0.25, -0.2) is 0 Å². The second-order valence-corrected chi connectivity index (χ2v) is 6.72. The fraction of sp³-hybridized carbons (Fsp3) is 0.722. The molecular weight excluding hydrogens is 288 g/mol. The lowest BCUT2D eigenvalue weighted by Crippen LogP contribution is -2.50. The normalized spacial score (nSPS) is 25.3. The predicted molar refractivity (Wildman–Crippen MR) is 92.3 cm³/mol. The van der Waals surface area contributed by atoms with Crippen molar-refractivity contribution in [3.05, 3.63) is 30.1 Å². The van der Waals surface area contributed by atoms with Crippen LogP contribution in [0.5, 0.6) is 0 Å². The predicted octanol–water partition coefficient (Wildman–Crippen LogP) is 1.26. The van der Waals surface area contributed by atoms with E-state index in [0.29, 0.717) is 12.1 Å². The summed E-state index contributed by atoms with van der Waals surface area (Å²) in [5, 5.41) is 12.9. The van der Waals surface area contributed by atoms with E-state index >= 15 is 0 Å². The number of nitrogens with zero attached hydrogens (tertiary/aromatic N) is 3. The van der Waals surface area contributed by atoms with Crippen molar-refractivity contribution >= 4 is 0 Å². The van der Waals surface area contributed by atoms with E-state index in [1.165, 1.54) is 25.0 Å². The molecule has 0 spiro atoms. The van der Waals surface area contributed by atoms with E-state index in [1.54, 1.807) is 0 Å².